The Morgan fingerprint density at radius 1 is 1.40 bits per heavy atom. The highest BCUT2D eigenvalue weighted by atomic mass is 32.1. The third-order valence-electron chi connectivity index (χ3n) is 2.70. The molecule has 3 rings (SSSR count). The molecule has 1 aromatic carbocycles. The molecular formula is C12H11N5O2S. The predicted molar refractivity (Wildman–Crippen MR) is 74.6 cm³/mol. The highest BCUT2D eigenvalue weighted by Crippen LogP contribution is 2.27. The fourth-order valence-corrected chi connectivity index (χ4v) is 2.58. The molecule has 0 amide bonds. The van der Waals surface area contributed by atoms with Gasteiger partial charge in [0, 0.05) is 5.39 Å². The van der Waals surface area contributed by atoms with E-state index < -0.39 is 5.97 Å². The van der Waals surface area contributed by atoms with Gasteiger partial charge in [-0.15, -0.1) is 5.10 Å². The van der Waals surface area contributed by atoms with Crippen molar-refractivity contribution < 1.29 is 9.90 Å². The Kier molecular flexibility index (Phi) is 3.30. The van der Waals surface area contributed by atoms with Gasteiger partial charge >= 0.3 is 5.97 Å². The van der Waals surface area contributed by atoms with Crippen molar-refractivity contribution in [2.24, 2.45) is 0 Å². The number of carboxylic acid groups (broad SMARTS) is 1. The predicted octanol–water partition coefficient (Wildman–Crippen LogP) is 1.58. The summed E-state index contributed by atoms with van der Waals surface area (Å²) in [6, 6.07) is 7.87. The maximum absolute atomic E-state index is 10.6. The van der Waals surface area contributed by atoms with Crippen LogP contribution in [0.3, 0.4) is 0 Å². The molecule has 0 aliphatic rings. The normalized spacial score (nSPS) is 10.8. The number of hydrogen-bond acceptors (Lipinski definition) is 6. The zero-order chi connectivity index (χ0) is 13.9. The molecule has 3 aromatic rings. The lowest BCUT2D eigenvalue weighted by Gasteiger charge is -2.00. The topological polar surface area (TPSA) is 92.9 Å². The first kappa shape index (κ1) is 12.5. The molecule has 8 heteroatoms. The highest BCUT2D eigenvalue weighted by molar-refractivity contribution is 7.11. The van der Waals surface area contributed by atoms with E-state index in [1.54, 1.807) is 6.20 Å². The van der Waals surface area contributed by atoms with Gasteiger partial charge in [-0.2, -0.15) is 4.37 Å². The third-order valence-corrected chi connectivity index (χ3v) is 3.53. The SMILES string of the molecule is O=C(O)Cn1cc(CNc2snc3ccccc23)nn1. The number of nitrogens with one attached hydrogen (secondary N) is 1. The summed E-state index contributed by atoms with van der Waals surface area (Å²) in [5.74, 6) is -0.942. The first-order valence-electron chi connectivity index (χ1n) is 5.91. The van der Waals surface area contributed by atoms with E-state index in [9.17, 15) is 4.79 Å². The number of benzene rings is 1. The zero-order valence-corrected chi connectivity index (χ0v) is 11.2. The Hall–Kier alpha value is -2.48. The van der Waals surface area contributed by atoms with Crippen molar-refractivity contribution in [1.29, 1.82) is 0 Å². The monoisotopic (exact) mass is 289 g/mol. The quantitative estimate of drug-likeness (QED) is 0.741. The number of carbonyl (C=O) groups is 1. The van der Waals surface area contributed by atoms with Crippen LogP contribution in [0, 0.1) is 0 Å². The van der Waals surface area contributed by atoms with Crippen molar-refractivity contribution in [3.05, 3.63) is 36.2 Å². The number of hydrogen-bond donors (Lipinski definition) is 2. The molecule has 0 atom stereocenters. The van der Waals surface area contributed by atoms with Crippen LogP contribution in [0.5, 0.6) is 0 Å². The van der Waals surface area contributed by atoms with Crippen molar-refractivity contribution >= 4 is 33.4 Å². The van der Waals surface area contributed by atoms with Crippen LogP contribution < -0.4 is 5.32 Å². The molecule has 0 aliphatic carbocycles. The Morgan fingerprint density at radius 3 is 3.10 bits per heavy atom. The number of aliphatic carboxylic acids is 1. The number of aromatic nitrogens is 4. The summed E-state index contributed by atoms with van der Waals surface area (Å²) >= 11 is 1.39. The van der Waals surface area contributed by atoms with E-state index >= 15 is 0 Å². The van der Waals surface area contributed by atoms with Gasteiger partial charge in [0.1, 0.15) is 17.2 Å². The Bertz CT molecular complexity index is 751. The van der Waals surface area contributed by atoms with Gasteiger partial charge < -0.3 is 10.4 Å². The molecular weight excluding hydrogens is 278 g/mol. The molecule has 2 aromatic heterocycles. The van der Waals surface area contributed by atoms with Gasteiger partial charge in [-0.05, 0) is 23.7 Å². The summed E-state index contributed by atoms with van der Waals surface area (Å²) in [6.07, 6.45) is 1.62. The van der Waals surface area contributed by atoms with Crippen molar-refractivity contribution in [3.8, 4) is 0 Å². The summed E-state index contributed by atoms with van der Waals surface area (Å²) in [5.41, 5.74) is 1.64. The second kappa shape index (κ2) is 5.25. The lowest BCUT2D eigenvalue weighted by atomic mass is 10.2. The van der Waals surface area contributed by atoms with Crippen LogP contribution >= 0.6 is 11.5 Å². The molecule has 0 aliphatic heterocycles. The third kappa shape index (κ3) is 2.59. The van der Waals surface area contributed by atoms with E-state index in [1.165, 1.54) is 16.2 Å². The summed E-state index contributed by atoms with van der Waals surface area (Å²) in [6.45, 7) is 0.294. The molecule has 7 nitrogen and oxygen atoms in total. The van der Waals surface area contributed by atoms with Gasteiger partial charge in [-0.25, -0.2) is 4.68 Å². The van der Waals surface area contributed by atoms with Crippen LogP contribution in [0.15, 0.2) is 30.5 Å². The number of nitrogens with zero attached hydrogens (tertiary/aromatic N) is 4. The molecule has 2 N–H and O–H groups in total. The van der Waals surface area contributed by atoms with Crippen LogP contribution in [0.2, 0.25) is 0 Å². The van der Waals surface area contributed by atoms with E-state index in [2.05, 4.69) is 20.0 Å². The molecule has 0 spiro atoms. The van der Waals surface area contributed by atoms with Crippen LogP contribution in [-0.4, -0.2) is 30.4 Å². The van der Waals surface area contributed by atoms with Gasteiger partial charge in [0.2, 0.25) is 0 Å². The molecule has 2 heterocycles. The maximum Gasteiger partial charge on any atom is 0.325 e. The fraction of sp³-hybridized carbons (Fsp3) is 0.167. The summed E-state index contributed by atoms with van der Waals surface area (Å²) in [5, 5.41) is 21.6. The van der Waals surface area contributed by atoms with Gasteiger partial charge in [-0.1, -0.05) is 17.3 Å². The van der Waals surface area contributed by atoms with E-state index in [1.807, 2.05) is 24.3 Å². The van der Waals surface area contributed by atoms with Gasteiger partial charge in [0.25, 0.3) is 0 Å². The standard InChI is InChI=1S/C12H11N5O2S/c18-11(19)7-17-6-8(14-16-17)5-13-12-9-3-1-2-4-10(9)15-20-12/h1-4,6,13H,5,7H2,(H,18,19). The molecule has 0 bridgehead atoms. The zero-order valence-electron chi connectivity index (χ0n) is 10.4. The Labute approximate surface area is 118 Å². The average molecular weight is 289 g/mol. The number of anilines is 1. The molecule has 0 fully saturated rings. The van der Waals surface area contributed by atoms with E-state index in [4.69, 9.17) is 5.11 Å². The molecule has 20 heavy (non-hydrogen) atoms. The summed E-state index contributed by atoms with van der Waals surface area (Å²) in [4.78, 5) is 10.6. The largest absolute Gasteiger partial charge is 0.480 e. The molecule has 102 valence electrons. The Morgan fingerprint density at radius 2 is 2.25 bits per heavy atom. The molecule has 0 saturated heterocycles. The lowest BCUT2D eigenvalue weighted by molar-refractivity contribution is -0.137. The first-order chi connectivity index (χ1) is 9.72. The molecule has 0 radical (unpaired) electrons. The minimum atomic E-state index is -0.942. The van der Waals surface area contributed by atoms with E-state index in [0.29, 0.717) is 12.2 Å². The average Bonchev–Trinajstić information content (AvgIpc) is 3.02. The Balaban J connectivity index is 1.70. The minimum Gasteiger partial charge on any atom is -0.480 e. The highest BCUT2D eigenvalue weighted by Gasteiger charge is 2.07. The van der Waals surface area contributed by atoms with E-state index in [-0.39, 0.29) is 6.54 Å². The molecule has 0 unspecified atom stereocenters. The van der Waals surface area contributed by atoms with Crippen molar-refractivity contribution in [3.63, 3.8) is 0 Å². The second-order valence-electron chi connectivity index (χ2n) is 4.18. The first-order valence-corrected chi connectivity index (χ1v) is 6.69. The number of fused-ring (bicyclic) bond motifs is 1. The molecule has 0 saturated carbocycles. The van der Waals surface area contributed by atoms with Gasteiger partial charge in [0.05, 0.1) is 18.3 Å². The van der Waals surface area contributed by atoms with Crippen molar-refractivity contribution in [2.75, 3.05) is 5.32 Å². The van der Waals surface area contributed by atoms with Gasteiger partial charge in [0.15, 0.2) is 0 Å². The van der Waals surface area contributed by atoms with Crippen molar-refractivity contribution in [1.82, 2.24) is 19.4 Å². The summed E-state index contributed by atoms with van der Waals surface area (Å²) in [7, 11) is 0. The number of carboxylic acids is 1. The van der Waals surface area contributed by atoms with Crippen LogP contribution in [0.1, 0.15) is 5.69 Å². The second-order valence-corrected chi connectivity index (χ2v) is 4.96. The van der Waals surface area contributed by atoms with Crippen LogP contribution in [0.25, 0.3) is 10.9 Å². The van der Waals surface area contributed by atoms with Gasteiger partial charge in [-0.3, -0.25) is 4.79 Å². The lowest BCUT2D eigenvalue weighted by Crippen LogP contribution is -2.09. The minimum absolute atomic E-state index is 0.184. The maximum atomic E-state index is 10.6. The van der Waals surface area contributed by atoms with Crippen LogP contribution in [0.4, 0.5) is 5.00 Å². The number of rotatable bonds is 5. The van der Waals surface area contributed by atoms with Crippen LogP contribution in [-0.2, 0) is 17.9 Å². The smallest absolute Gasteiger partial charge is 0.325 e. The van der Waals surface area contributed by atoms with E-state index in [0.717, 1.165) is 15.9 Å². The summed E-state index contributed by atoms with van der Waals surface area (Å²) < 4.78 is 5.63. The van der Waals surface area contributed by atoms with Crippen molar-refractivity contribution in [2.45, 2.75) is 13.1 Å². The fourth-order valence-electron chi connectivity index (χ4n) is 1.82.